The van der Waals surface area contributed by atoms with E-state index in [1.165, 1.54) is 18.9 Å². The molecule has 0 bridgehead atoms. The molecule has 0 radical (unpaired) electrons. The fourth-order valence-corrected chi connectivity index (χ4v) is 2.14. The lowest BCUT2D eigenvalue weighted by molar-refractivity contribution is -0.143. The summed E-state index contributed by atoms with van der Waals surface area (Å²) in [6, 6.07) is 6.39. The summed E-state index contributed by atoms with van der Waals surface area (Å²) in [7, 11) is 1.27. The quantitative estimate of drug-likeness (QED) is 0.471. The summed E-state index contributed by atoms with van der Waals surface area (Å²) in [5.74, 6) is -0.552. The highest BCUT2D eigenvalue weighted by molar-refractivity contribution is 8.13. The van der Waals surface area contributed by atoms with E-state index in [2.05, 4.69) is 10.3 Å². The van der Waals surface area contributed by atoms with Crippen LogP contribution >= 0.6 is 11.8 Å². The van der Waals surface area contributed by atoms with Gasteiger partial charge in [-0.15, -0.1) is 0 Å². The molecule has 8 heteroatoms. The van der Waals surface area contributed by atoms with E-state index in [-0.39, 0.29) is 6.42 Å². The van der Waals surface area contributed by atoms with Gasteiger partial charge in [0.25, 0.3) is 0 Å². The van der Waals surface area contributed by atoms with Gasteiger partial charge in [0, 0.05) is 6.42 Å². The van der Waals surface area contributed by atoms with E-state index in [4.69, 9.17) is 15.2 Å². The lowest BCUT2D eigenvalue weighted by Crippen LogP contribution is -2.45. The molecule has 0 aliphatic carbocycles. The van der Waals surface area contributed by atoms with Crippen molar-refractivity contribution in [3.63, 3.8) is 0 Å². The van der Waals surface area contributed by atoms with Gasteiger partial charge in [-0.25, -0.2) is 14.6 Å². The number of hydrogen-bond donors (Lipinski definition) is 2. The van der Waals surface area contributed by atoms with Crippen LogP contribution in [0.2, 0.25) is 0 Å². The van der Waals surface area contributed by atoms with Gasteiger partial charge in [-0.2, -0.15) is 0 Å². The summed E-state index contributed by atoms with van der Waals surface area (Å²) >= 11 is 1.34. The highest BCUT2D eigenvalue weighted by atomic mass is 32.2. The largest absolute Gasteiger partial charge is 0.467 e. The molecule has 0 fully saturated rings. The van der Waals surface area contributed by atoms with Gasteiger partial charge in [-0.3, -0.25) is 0 Å². The van der Waals surface area contributed by atoms with Gasteiger partial charge in [0.05, 0.1) is 12.8 Å². The number of nitrogens with two attached hydrogens (primary N) is 1. The highest BCUT2D eigenvalue weighted by Crippen LogP contribution is 2.17. The minimum atomic E-state index is -0.864. The molecule has 1 aromatic rings. The second-order valence-electron chi connectivity index (χ2n) is 6.25. The second kappa shape index (κ2) is 9.31. The first-order valence-electron chi connectivity index (χ1n) is 7.69. The number of hydrogen-bond acceptors (Lipinski definition) is 6. The van der Waals surface area contributed by atoms with E-state index in [0.717, 1.165) is 5.56 Å². The third-order valence-electron chi connectivity index (χ3n) is 2.98. The molecule has 1 amide bonds. The van der Waals surface area contributed by atoms with Gasteiger partial charge in [0.2, 0.25) is 0 Å². The Morgan fingerprint density at radius 1 is 1.36 bits per heavy atom. The summed E-state index contributed by atoms with van der Waals surface area (Å²) in [5, 5.41) is 2.98. The number of benzene rings is 1. The number of esters is 1. The number of thioether (sulfide) groups is 1. The maximum absolute atomic E-state index is 12.0. The molecule has 0 aliphatic rings. The van der Waals surface area contributed by atoms with E-state index in [9.17, 15) is 9.59 Å². The molecule has 0 heterocycles. The summed E-state index contributed by atoms with van der Waals surface area (Å²) in [6.45, 7) is 5.24. The van der Waals surface area contributed by atoms with Gasteiger partial charge in [-0.05, 0) is 44.7 Å². The number of nitrogens with one attached hydrogen (secondary N) is 1. The summed E-state index contributed by atoms with van der Waals surface area (Å²) < 4.78 is 9.96. The predicted octanol–water partition coefficient (Wildman–Crippen LogP) is 2.60. The van der Waals surface area contributed by atoms with Crippen molar-refractivity contribution >= 4 is 34.7 Å². The maximum atomic E-state index is 12.0. The van der Waals surface area contributed by atoms with Crippen LogP contribution in [0.5, 0.6) is 0 Å². The molecule has 0 saturated heterocycles. The van der Waals surface area contributed by atoms with Crippen LogP contribution < -0.4 is 11.1 Å². The van der Waals surface area contributed by atoms with Gasteiger partial charge >= 0.3 is 12.1 Å². The topological polar surface area (TPSA) is 103 Å². The Balaban J connectivity index is 2.90. The van der Waals surface area contributed by atoms with Crippen molar-refractivity contribution in [2.45, 2.75) is 38.8 Å². The summed E-state index contributed by atoms with van der Waals surface area (Å²) in [5.41, 5.74) is 6.54. The zero-order valence-corrected chi connectivity index (χ0v) is 16.0. The number of ether oxygens (including phenoxy) is 2. The Bertz CT molecular complexity index is 641. The van der Waals surface area contributed by atoms with Crippen molar-refractivity contribution < 1.29 is 19.1 Å². The predicted molar refractivity (Wildman–Crippen MR) is 100 cm³/mol. The first-order chi connectivity index (χ1) is 11.6. The zero-order valence-electron chi connectivity index (χ0n) is 15.2. The van der Waals surface area contributed by atoms with Gasteiger partial charge in [-0.1, -0.05) is 23.9 Å². The number of aliphatic imine (C=N–C) groups is 1. The van der Waals surface area contributed by atoms with Gasteiger partial charge < -0.3 is 20.5 Å². The Hall–Kier alpha value is -2.22. The number of amidine groups is 1. The first kappa shape index (κ1) is 20.8. The van der Waals surface area contributed by atoms with Crippen molar-refractivity contribution in [2.24, 2.45) is 10.7 Å². The monoisotopic (exact) mass is 367 g/mol. The first-order valence-corrected chi connectivity index (χ1v) is 8.91. The Morgan fingerprint density at radius 3 is 2.60 bits per heavy atom. The van der Waals surface area contributed by atoms with Crippen LogP contribution in [-0.4, -0.2) is 42.2 Å². The minimum Gasteiger partial charge on any atom is -0.467 e. The normalized spacial score (nSPS) is 13.1. The summed E-state index contributed by atoms with van der Waals surface area (Å²) in [4.78, 5) is 28.2. The highest BCUT2D eigenvalue weighted by Gasteiger charge is 2.25. The number of amides is 1. The second-order valence-corrected chi connectivity index (χ2v) is 7.08. The smallest absolute Gasteiger partial charge is 0.408 e. The lowest BCUT2D eigenvalue weighted by atomic mass is 10.1. The van der Waals surface area contributed by atoms with E-state index < -0.39 is 23.7 Å². The van der Waals surface area contributed by atoms with Crippen LogP contribution in [-0.2, 0) is 20.7 Å². The van der Waals surface area contributed by atoms with Crippen molar-refractivity contribution in [2.75, 3.05) is 13.4 Å². The average molecular weight is 367 g/mol. The molecule has 0 aromatic heterocycles. The lowest BCUT2D eigenvalue weighted by Gasteiger charge is -2.22. The zero-order chi connectivity index (χ0) is 19.0. The van der Waals surface area contributed by atoms with Crippen LogP contribution in [0.3, 0.4) is 0 Å². The SMILES string of the molecule is COC(=O)C(Cc1cccc(N=C(N)SC)c1)NC(=O)OC(C)(C)C. The van der Waals surface area contributed by atoms with Crippen molar-refractivity contribution in [1.29, 1.82) is 0 Å². The number of carbonyl (C=O) groups is 2. The molecular weight excluding hydrogens is 342 g/mol. The number of carbonyl (C=O) groups excluding carboxylic acids is 2. The number of alkyl carbamates (subject to hydrolysis) is 1. The van der Waals surface area contributed by atoms with Crippen LogP contribution in [0.4, 0.5) is 10.5 Å². The fourth-order valence-electron chi connectivity index (χ4n) is 1.95. The molecule has 1 rings (SSSR count). The average Bonchev–Trinajstić information content (AvgIpc) is 2.51. The molecule has 1 atom stereocenters. The maximum Gasteiger partial charge on any atom is 0.408 e. The Labute approximate surface area is 152 Å². The van der Waals surface area contributed by atoms with Crippen molar-refractivity contribution in [3.8, 4) is 0 Å². The molecule has 0 saturated carbocycles. The van der Waals surface area contributed by atoms with Crippen molar-refractivity contribution in [3.05, 3.63) is 29.8 Å². The third kappa shape index (κ3) is 7.93. The standard InChI is InChI=1S/C17H25N3O4S/c1-17(2,3)24-16(22)20-13(14(21)23-4)10-11-7-6-8-12(9-11)19-15(18)25-5/h6-9,13H,10H2,1-5H3,(H2,18,19)(H,20,22). The van der Waals surface area contributed by atoms with Gasteiger partial charge in [0.15, 0.2) is 5.17 Å². The molecule has 0 spiro atoms. The van der Waals surface area contributed by atoms with Gasteiger partial charge in [0.1, 0.15) is 11.6 Å². The fraction of sp³-hybridized carbons (Fsp3) is 0.471. The van der Waals surface area contributed by atoms with Crippen LogP contribution in [0.25, 0.3) is 0 Å². The minimum absolute atomic E-state index is 0.244. The third-order valence-corrected chi connectivity index (χ3v) is 3.49. The Kier molecular flexibility index (Phi) is 7.76. The molecule has 0 aliphatic heterocycles. The molecule has 25 heavy (non-hydrogen) atoms. The summed E-state index contributed by atoms with van der Waals surface area (Å²) in [6.07, 6.45) is 1.40. The molecular formula is C17H25N3O4S. The molecule has 138 valence electrons. The van der Waals surface area contributed by atoms with Crippen LogP contribution in [0.1, 0.15) is 26.3 Å². The molecule has 7 nitrogen and oxygen atoms in total. The number of methoxy groups -OCH3 is 1. The molecule has 1 aromatic carbocycles. The van der Waals surface area contributed by atoms with E-state index >= 15 is 0 Å². The number of nitrogens with zero attached hydrogens (tertiary/aromatic N) is 1. The van der Waals surface area contributed by atoms with E-state index in [0.29, 0.717) is 10.9 Å². The van der Waals surface area contributed by atoms with Crippen molar-refractivity contribution in [1.82, 2.24) is 5.32 Å². The van der Waals surface area contributed by atoms with E-state index in [1.807, 2.05) is 18.4 Å². The molecule has 1 unspecified atom stereocenters. The van der Waals surface area contributed by atoms with Crippen LogP contribution in [0, 0.1) is 0 Å². The van der Waals surface area contributed by atoms with E-state index in [1.54, 1.807) is 32.9 Å². The Morgan fingerprint density at radius 2 is 2.04 bits per heavy atom. The van der Waals surface area contributed by atoms with Crippen LogP contribution in [0.15, 0.2) is 29.3 Å². The number of rotatable bonds is 5. The molecule has 3 N–H and O–H groups in total.